The smallest absolute Gasteiger partial charge is 0.335 e. The molecule has 0 unspecified atom stereocenters. The molecule has 0 spiro atoms. The van der Waals surface area contributed by atoms with Gasteiger partial charge in [-0.15, -0.1) is 23.5 Å². The average molecular weight is 342 g/mol. The van der Waals surface area contributed by atoms with Crippen LogP contribution in [0.15, 0.2) is 52.3 Å². The van der Waals surface area contributed by atoms with E-state index in [1.165, 1.54) is 38.9 Å². The van der Waals surface area contributed by atoms with Gasteiger partial charge in [-0.2, -0.15) is 0 Å². The van der Waals surface area contributed by atoms with Crippen LogP contribution in [0.5, 0.6) is 0 Å². The van der Waals surface area contributed by atoms with Gasteiger partial charge in [0.25, 0.3) is 0 Å². The third-order valence-electron chi connectivity index (χ3n) is 3.74. The molecule has 3 rings (SSSR count). The van der Waals surface area contributed by atoms with Crippen molar-refractivity contribution in [2.24, 2.45) is 0 Å². The molecule has 0 saturated carbocycles. The summed E-state index contributed by atoms with van der Waals surface area (Å²) >= 11 is 3.88. The first-order valence-corrected chi connectivity index (χ1v) is 9.52. The van der Waals surface area contributed by atoms with Crippen molar-refractivity contribution in [3.63, 3.8) is 0 Å². The maximum atomic E-state index is 10.9. The number of carboxylic acids is 1. The minimum atomic E-state index is -0.891. The van der Waals surface area contributed by atoms with Crippen LogP contribution >= 0.6 is 23.5 Å². The molecule has 1 heterocycles. The molecule has 2 nitrogen and oxygen atoms in total. The first-order chi connectivity index (χ1) is 11.1. The molecule has 23 heavy (non-hydrogen) atoms. The molecule has 0 aliphatic carbocycles. The van der Waals surface area contributed by atoms with E-state index in [0.717, 1.165) is 5.56 Å². The first kappa shape index (κ1) is 16.2. The number of rotatable bonds is 3. The van der Waals surface area contributed by atoms with Crippen molar-refractivity contribution in [2.45, 2.75) is 23.1 Å². The molecule has 0 saturated heterocycles. The van der Waals surface area contributed by atoms with Gasteiger partial charge in [-0.1, -0.05) is 24.3 Å². The van der Waals surface area contributed by atoms with E-state index in [4.69, 9.17) is 5.11 Å². The van der Waals surface area contributed by atoms with Crippen molar-refractivity contribution >= 4 is 41.1 Å². The summed E-state index contributed by atoms with van der Waals surface area (Å²) in [5, 5.41) is 8.95. The maximum absolute atomic E-state index is 10.9. The van der Waals surface area contributed by atoms with Gasteiger partial charge in [0.05, 0.1) is 5.56 Å². The highest BCUT2D eigenvalue weighted by Gasteiger charge is 2.10. The number of thioether (sulfide) groups is 2. The quantitative estimate of drug-likeness (QED) is 0.744. The lowest BCUT2D eigenvalue weighted by Crippen LogP contribution is -1.94. The van der Waals surface area contributed by atoms with Crippen LogP contribution in [-0.4, -0.2) is 22.6 Å². The van der Waals surface area contributed by atoms with Crippen LogP contribution in [0.25, 0.3) is 11.6 Å². The van der Waals surface area contributed by atoms with Crippen molar-refractivity contribution < 1.29 is 9.90 Å². The van der Waals surface area contributed by atoms with Crippen LogP contribution in [0.4, 0.5) is 0 Å². The Hall–Kier alpha value is -1.65. The second kappa shape index (κ2) is 7.28. The van der Waals surface area contributed by atoms with E-state index in [9.17, 15) is 4.79 Å². The number of allylic oxidation sites excluding steroid dienone is 1. The van der Waals surface area contributed by atoms with Gasteiger partial charge in [0.2, 0.25) is 0 Å². The summed E-state index contributed by atoms with van der Waals surface area (Å²) in [5.74, 6) is 1.49. The van der Waals surface area contributed by atoms with Crippen LogP contribution in [0, 0.1) is 0 Å². The third kappa shape index (κ3) is 4.01. The fourth-order valence-electron chi connectivity index (χ4n) is 2.46. The van der Waals surface area contributed by atoms with Crippen molar-refractivity contribution in [3.05, 3.63) is 59.2 Å². The lowest BCUT2D eigenvalue weighted by Gasteiger charge is -2.08. The molecule has 0 amide bonds. The largest absolute Gasteiger partial charge is 0.478 e. The SMILES string of the molecule is C/C(=C\c1ccc(C(=O)O)cc1)c1ccc2c(c1)SCCCS2. The fraction of sp³-hybridized carbons (Fsp3) is 0.211. The zero-order chi connectivity index (χ0) is 16.2. The summed E-state index contributed by atoms with van der Waals surface area (Å²) in [6.45, 7) is 2.10. The Kier molecular flexibility index (Phi) is 5.13. The summed E-state index contributed by atoms with van der Waals surface area (Å²) in [5.41, 5.74) is 3.74. The van der Waals surface area contributed by atoms with Crippen molar-refractivity contribution in [2.75, 3.05) is 11.5 Å². The Morgan fingerprint density at radius 1 is 1.00 bits per heavy atom. The van der Waals surface area contributed by atoms with Gasteiger partial charge in [0.1, 0.15) is 0 Å². The van der Waals surface area contributed by atoms with Gasteiger partial charge in [-0.3, -0.25) is 0 Å². The van der Waals surface area contributed by atoms with Gasteiger partial charge in [-0.05, 0) is 65.8 Å². The predicted molar refractivity (Wildman–Crippen MR) is 99.5 cm³/mol. The summed E-state index contributed by atoms with van der Waals surface area (Å²) in [7, 11) is 0. The number of hydrogen-bond acceptors (Lipinski definition) is 3. The molecule has 0 bridgehead atoms. The Balaban J connectivity index is 1.85. The van der Waals surface area contributed by atoms with Crippen LogP contribution in [0.3, 0.4) is 0 Å². The average Bonchev–Trinajstić information content (AvgIpc) is 2.79. The van der Waals surface area contributed by atoms with Gasteiger partial charge in [0.15, 0.2) is 0 Å². The van der Waals surface area contributed by atoms with Gasteiger partial charge >= 0.3 is 5.97 Å². The molecule has 1 aliphatic heterocycles. The van der Waals surface area contributed by atoms with E-state index in [1.54, 1.807) is 12.1 Å². The fourth-order valence-corrected chi connectivity index (χ4v) is 4.80. The molecular weight excluding hydrogens is 324 g/mol. The molecule has 0 aromatic heterocycles. The standard InChI is InChI=1S/C19H18O2S2/c1-13(11-14-3-5-15(6-4-14)19(20)21)16-7-8-17-18(12-16)23-10-2-9-22-17/h3-8,11-12H,2,9-10H2,1H3,(H,20,21)/b13-11+. The second-order valence-electron chi connectivity index (χ2n) is 5.47. The van der Waals surface area contributed by atoms with Crippen LogP contribution in [-0.2, 0) is 0 Å². The molecule has 2 aromatic carbocycles. The van der Waals surface area contributed by atoms with Crippen LogP contribution < -0.4 is 0 Å². The van der Waals surface area contributed by atoms with E-state index in [2.05, 4.69) is 31.2 Å². The van der Waals surface area contributed by atoms with Gasteiger partial charge in [-0.25, -0.2) is 4.79 Å². The van der Waals surface area contributed by atoms with E-state index in [1.807, 2.05) is 35.7 Å². The van der Waals surface area contributed by atoms with Crippen molar-refractivity contribution in [1.82, 2.24) is 0 Å². The zero-order valence-electron chi connectivity index (χ0n) is 12.9. The molecule has 118 valence electrons. The monoisotopic (exact) mass is 342 g/mol. The number of aromatic carboxylic acids is 1. The van der Waals surface area contributed by atoms with E-state index >= 15 is 0 Å². The molecule has 0 atom stereocenters. The number of hydrogen-bond donors (Lipinski definition) is 1. The zero-order valence-corrected chi connectivity index (χ0v) is 14.5. The molecular formula is C19H18O2S2. The Morgan fingerprint density at radius 2 is 1.65 bits per heavy atom. The predicted octanol–water partition coefficient (Wildman–Crippen LogP) is 5.53. The molecule has 1 N–H and O–H groups in total. The highest BCUT2D eigenvalue weighted by molar-refractivity contribution is 8.03. The first-order valence-electron chi connectivity index (χ1n) is 7.55. The van der Waals surface area contributed by atoms with E-state index in [0.29, 0.717) is 5.56 Å². The van der Waals surface area contributed by atoms with Crippen LogP contribution in [0.1, 0.15) is 34.8 Å². The highest BCUT2D eigenvalue weighted by atomic mass is 32.2. The minimum absolute atomic E-state index is 0.318. The Bertz CT molecular complexity index is 748. The highest BCUT2D eigenvalue weighted by Crippen LogP contribution is 2.37. The summed E-state index contributed by atoms with van der Waals surface area (Å²) in [6, 6.07) is 13.7. The molecule has 4 heteroatoms. The summed E-state index contributed by atoms with van der Waals surface area (Å²) in [6.07, 6.45) is 3.35. The lowest BCUT2D eigenvalue weighted by molar-refractivity contribution is 0.0697. The maximum Gasteiger partial charge on any atom is 0.335 e. The normalized spacial score (nSPS) is 14.9. The van der Waals surface area contributed by atoms with Crippen molar-refractivity contribution in [1.29, 1.82) is 0 Å². The number of carbonyl (C=O) groups is 1. The van der Waals surface area contributed by atoms with Gasteiger partial charge in [0, 0.05) is 9.79 Å². The minimum Gasteiger partial charge on any atom is -0.478 e. The molecule has 2 aromatic rings. The lowest BCUT2D eigenvalue weighted by atomic mass is 10.0. The molecule has 0 fully saturated rings. The summed E-state index contributed by atoms with van der Waals surface area (Å²) in [4.78, 5) is 13.7. The Labute approximate surface area is 145 Å². The third-order valence-corrected chi connectivity index (χ3v) is 6.17. The number of fused-ring (bicyclic) bond motifs is 1. The molecule has 0 radical (unpaired) electrons. The Morgan fingerprint density at radius 3 is 2.35 bits per heavy atom. The second-order valence-corrected chi connectivity index (χ2v) is 7.74. The summed E-state index contributed by atoms with van der Waals surface area (Å²) < 4.78 is 0. The van der Waals surface area contributed by atoms with E-state index in [-0.39, 0.29) is 0 Å². The number of carboxylic acid groups (broad SMARTS) is 1. The van der Waals surface area contributed by atoms with Crippen LogP contribution in [0.2, 0.25) is 0 Å². The van der Waals surface area contributed by atoms with E-state index < -0.39 is 5.97 Å². The molecule has 1 aliphatic rings. The van der Waals surface area contributed by atoms with Crippen molar-refractivity contribution in [3.8, 4) is 0 Å². The number of benzene rings is 2. The van der Waals surface area contributed by atoms with Gasteiger partial charge < -0.3 is 5.11 Å². The topological polar surface area (TPSA) is 37.3 Å².